The van der Waals surface area contributed by atoms with Gasteiger partial charge in [0, 0.05) is 13.0 Å². The molecule has 0 spiro atoms. The van der Waals surface area contributed by atoms with Gasteiger partial charge in [-0.25, -0.2) is 0 Å². The van der Waals surface area contributed by atoms with Crippen molar-refractivity contribution in [2.24, 2.45) is 0 Å². The van der Waals surface area contributed by atoms with Crippen molar-refractivity contribution in [3.63, 3.8) is 0 Å². The molecule has 2 nitrogen and oxygen atoms in total. The van der Waals surface area contributed by atoms with Crippen molar-refractivity contribution in [3.05, 3.63) is 25.3 Å². The summed E-state index contributed by atoms with van der Waals surface area (Å²) >= 11 is 0. The summed E-state index contributed by atoms with van der Waals surface area (Å²) in [5, 5.41) is 0. The van der Waals surface area contributed by atoms with E-state index in [1.807, 2.05) is 17.1 Å². The molecule has 1 aliphatic rings. The standard InChI is InChI=1S/C12H19NO/c1-3-5-6-7-10-13-11(4-2)8-9-12(13)14/h3-4,11H,1-2,5-10H2. The predicted octanol–water partition coefficient (Wildman–Crippen LogP) is 2.52. The van der Waals surface area contributed by atoms with Crippen LogP contribution in [0.1, 0.15) is 32.1 Å². The molecule has 1 unspecified atom stereocenters. The number of carbonyl (C=O) groups is 1. The van der Waals surface area contributed by atoms with Crippen LogP contribution in [0.15, 0.2) is 25.3 Å². The van der Waals surface area contributed by atoms with Gasteiger partial charge >= 0.3 is 0 Å². The minimum Gasteiger partial charge on any atom is -0.336 e. The molecule has 1 amide bonds. The second-order valence-electron chi connectivity index (χ2n) is 3.71. The molecule has 0 radical (unpaired) electrons. The van der Waals surface area contributed by atoms with Gasteiger partial charge in [0.2, 0.25) is 5.91 Å². The third kappa shape index (κ3) is 2.72. The van der Waals surface area contributed by atoms with Crippen LogP contribution in [0.25, 0.3) is 0 Å². The number of amides is 1. The van der Waals surface area contributed by atoms with Gasteiger partial charge in [-0.1, -0.05) is 12.2 Å². The van der Waals surface area contributed by atoms with Gasteiger partial charge in [-0.3, -0.25) is 4.79 Å². The Hall–Kier alpha value is -1.05. The number of hydrogen-bond donors (Lipinski definition) is 0. The Morgan fingerprint density at radius 2 is 2.21 bits per heavy atom. The summed E-state index contributed by atoms with van der Waals surface area (Å²) in [4.78, 5) is 13.4. The Bertz CT molecular complexity index is 222. The number of allylic oxidation sites excluding steroid dienone is 1. The molecule has 78 valence electrons. The molecule has 2 heteroatoms. The molecule has 0 aromatic rings. The predicted molar refractivity (Wildman–Crippen MR) is 59.0 cm³/mol. The highest BCUT2D eigenvalue weighted by molar-refractivity contribution is 5.79. The summed E-state index contributed by atoms with van der Waals surface area (Å²) in [6.45, 7) is 8.32. The maximum Gasteiger partial charge on any atom is 0.223 e. The van der Waals surface area contributed by atoms with Gasteiger partial charge in [-0.05, 0) is 25.7 Å². The van der Waals surface area contributed by atoms with Gasteiger partial charge in [0.05, 0.1) is 6.04 Å². The van der Waals surface area contributed by atoms with Gasteiger partial charge in [0.1, 0.15) is 0 Å². The first-order chi connectivity index (χ1) is 6.79. The van der Waals surface area contributed by atoms with Crippen molar-refractivity contribution >= 4 is 5.91 Å². The second kappa shape index (κ2) is 5.63. The highest BCUT2D eigenvalue weighted by Gasteiger charge is 2.27. The van der Waals surface area contributed by atoms with Crippen molar-refractivity contribution in [1.29, 1.82) is 0 Å². The number of unbranched alkanes of at least 4 members (excludes halogenated alkanes) is 2. The van der Waals surface area contributed by atoms with Crippen LogP contribution in [0.3, 0.4) is 0 Å². The fourth-order valence-corrected chi connectivity index (χ4v) is 1.86. The first-order valence-electron chi connectivity index (χ1n) is 5.32. The van der Waals surface area contributed by atoms with E-state index < -0.39 is 0 Å². The van der Waals surface area contributed by atoms with Crippen LogP contribution in [0, 0.1) is 0 Å². The average Bonchev–Trinajstić information content (AvgIpc) is 2.55. The Balaban J connectivity index is 2.29. The lowest BCUT2D eigenvalue weighted by Gasteiger charge is -2.21. The van der Waals surface area contributed by atoms with Crippen molar-refractivity contribution in [3.8, 4) is 0 Å². The molecule has 1 saturated heterocycles. The molecule has 0 aromatic heterocycles. The van der Waals surface area contributed by atoms with Gasteiger partial charge < -0.3 is 4.90 Å². The molecule has 1 aliphatic heterocycles. The van der Waals surface area contributed by atoms with Gasteiger partial charge in [-0.2, -0.15) is 0 Å². The topological polar surface area (TPSA) is 20.3 Å². The van der Waals surface area contributed by atoms with Gasteiger partial charge in [0.15, 0.2) is 0 Å². The lowest BCUT2D eigenvalue weighted by Crippen LogP contribution is -2.32. The van der Waals surface area contributed by atoms with E-state index in [0.717, 1.165) is 32.2 Å². The smallest absolute Gasteiger partial charge is 0.223 e. The molecule has 0 aliphatic carbocycles. The maximum atomic E-state index is 11.5. The number of likely N-dealkylation sites (tertiary alicyclic amines) is 1. The summed E-state index contributed by atoms with van der Waals surface area (Å²) in [5.41, 5.74) is 0. The average molecular weight is 193 g/mol. The monoisotopic (exact) mass is 193 g/mol. The third-order valence-corrected chi connectivity index (χ3v) is 2.70. The fraction of sp³-hybridized carbons (Fsp3) is 0.583. The molecule has 1 atom stereocenters. The van der Waals surface area contributed by atoms with Crippen molar-refractivity contribution < 1.29 is 4.79 Å². The highest BCUT2D eigenvalue weighted by Crippen LogP contribution is 2.19. The number of hydrogen-bond acceptors (Lipinski definition) is 1. The zero-order chi connectivity index (χ0) is 10.4. The molecular formula is C12H19NO. The first kappa shape index (κ1) is 11.0. The van der Waals surface area contributed by atoms with E-state index in [2.05, 4.69) is 13.2 Å². The Labute approximate surface area is 86.3 Å². The fourth-order valence-electron chi connectivity index (χ4n) is 1.86. The minimum atomic E-state index is 0.284. The molecule has 1 fully saturated rings. The number of nitrogens with zero attached hydrogens (tertiary/aromatic N) is 1. The zero-order valence-electron chi connectivity index (χ0n) is 8.74. The molecule has 0 saturated carbocycles. The van der Waals surface area contributed by atoms with E-state index in [1.165, 1.54) is 0 Å². The summed E-state index contributed by atoms with van der Waals surface area (Å²) in [6, 6.07) is 0.284. The quantitative estimate of drug-likeness (QED) is 0.469. The third-order valence-electron chi connectivity index (χ3n) is 2.70. The van der Waals surface area contributed by atoms with Crippen LogP contribution in [0.5, 0.6) is 0 Å². The minimum absolute atomic E-state index is 0.284. The van der Waals surface area contributed by atoms with Crippen molar-refractivity contribution in [2.45, 2.75) is 38.1 Å². The lowest BCUT2D eigenvalue weighted by molar-refractivity contribution is -0.128. The van der Waals surface area contributed by atoms with E-state index in [4.69, 9.17) is 0 Å². The Morgan fingerprint density at radius 1 is 1.43 bits per heavy atom. The lowest BCUT2D eigenvalue weighted by atomic mass is 10.2. The van der Waals surface area contributed by atoms with Crippen molar-refractivity contribution in [1.82, 2.24) is 4.90 Å². The molecular weight excluding hydrogens is 174 g/mol. The normalized spacial score (nSPS) is 21.3. The molecule has 1 heterocycles. The molecule has 14 heavy (non-hydrogen) atoms. The van der Waals surface area contributed by atoms with Crippen LogP contribution in [0.4, 0.5) is 0 Å². The van der Waals surface area contributed by atoms with Crippen LogP contribution < -0.4 is 0 Å². The van der Waals surface area contributed by atoms with Gasteiger partial charge in [-0.15, -0.1) is 13.2 Å². The number of rotatable bonds is 6. The maximum absolute atomic E-state index is 11.5. The van der Waals surface area contributed by atoms with E-state index >= 15 is 0 Å². The zero-order valence-corrected chi connectivity index (χ0v) is 8.74. The SMILES string of the molecule is C=CCCCCN1C(=O)CCC1C=C. The molecule has 0 aromatic carbocycles. The van der Waals surface area contributed by atoms with E-state index in [0.29, 0.717) is 6.42 Å². The highest BCUT2D eigenvalue weighted by atomic mass is 16.2. The first-order valence-corrected chi connectivity index (χ1v) is 5.32. The number of carbonyl (C=O) groups excluding carboxylic acids is 1. The van der Waals surface area contributed by atoms with E-state index in [9.17, 15) is 4.79 Å². The Morgan fingerprint density at radius 3 is 2.86 bits per heavy atom. The summed E-state index contributed by atoms with van der Waals surface area (Å²) < 4.78 is 0. The molecule has 0 bridgehead atoms. The van der Waals surface area contributed by atoms with Crippen LogP contribution in [-0.2, 0) is 4.79 Å². The van der Waals surface area contributed by atoms with Crippen LogP contribution >= 0.6 is 0 Å². The molecule has 0 N–H and O–H groups in total. The van der Waals surface area contributed by atoms with Crippen LogP contribution in [0.2, 0.25) is 0 Å². The van der Waals surface area contributed by atoms with Crippen LogP contribution in [-0.4, -0.2) is 23.4 Å². The summed E-state index contributed by atoms with van der Waals surface area (Å²) in [7, 11) is 0. The van der Waals surface area contributed by atoms with Crippen molar-refractivity contribution in [2.75, 3.05) is 6.54 Å². The molecule has 1 rings (SSSR count). The summed E-state index contributed by atoms with van der Waals surface area (Å²) in [5.74, 6) is 0.286. The largest absolute Gasteiger partial charge is 0.336 e. The summed E-state index contributed by atoms with van der Waals surface area (Å²) in [6.07, 6.45) is 8.69. The van der Waals surface area contributed by atoms with E-state index in [-0.39, 0.29) is 11.9 Å². The van der Waals surface area contributed by atoms with Gasteiger partial charge in [0.25, 0.3) is 0 Å². The van der Waals surface area contributed by atoms with E-state index in [1.54, 1.807) is 0 Å². The Kier molecular flexibility index (Phi) is 4.44. The second-order valence-corrected chi connectivity index (χ2v) is 3.71.